The molecule has 2 heterocycles. The molecule has 2 rings (SSSR count). The van der Waals surface area contributed by atoms with E-state index in [-0.39, 0.29) is 5.75 Å². The Kier molecular flexibility index (Phi) is 9.66. The summed E-state index contributed by atoms with van der Waals surface area (Å²) in [4.78, 5) is 11.1. The van der Waals surface area contributed by atoms with Gasteiger partial charge in [-0.05, 0) is 25.0 Å². The normalized spacial score (nSPS) is 16.3. The van der Waals surface area contributed by atoms with Gasteiger partial charge < -0.3 is 15.5 Å². The molecule has 1 aromatic rings. The number of guanidine groups is 1. The first-order valence-electron chi connectivity index (χ1n) is 10.7. The van der Waals surface area contributed by atoms with E-state index in [1.165, 1.54) is 0 Å². The molecule has 164 valence electrons. The average molecular weight is 425 g/mol. The molecular formula is C20H36N6O2S. The summed E-state index contributed by atoms with van der Waals surface area (Å²) < 4.78 is 27.0. The molecule has 0 aliphatic carbocycles. The molecule has 1 aromatic heterocycles. The predicted molar refractivity (Wildman–Crippen MR) is 120 cm³/mol. The Bertz CT molecular complexity index is 714. The van der Waals surface area contributed by atoms with Crippen LogP contribution in [-0.2, 0) is 10.0 Å². The van der Waals surface area contributed by atoms with E-state index in [9.17, 15) is 8.42 Å². The van der Waals surface area contributed by atoms with Gasteiger partial charge in [-0.15, -0.1) is 0 Å². The molecule has 0 spiro atoms. The molecule has 0 amide bonds. The van der Waals surface area contributed by atoms with Crippen molar-refractivity contribution < 1.29 is 8.42 Å². The van der Waals surface area contributed by atoms with Crippen molar-refractivity contribution in [1.29, 1.82) is 0 Å². The lowest BCUT2D eigenvalue weighted by molar-refractivity contribution is 0.384. The summed E-state index contributed by atoms with van der Waals surface area (Å²) in [6, 6.07) is 5.79. The van der Waals surface area contributed by atoms with Crippen molar-refractivity contribution >= 4 is 21.8 Å². The number of sulfonamides is 1. The molecule has 0 saturated carbocycles. The van der Waals surface area contributed by atoms with Gasteiger partial charge in [-0.25, -0.2) is 13.4 Å². The minimum absolute atomic E-state index is 0.0615. The quantitative estimate of drug-likeness (QED) is 0.437. The summed E-state index contributed by atoms with van der Waals surface area (Å²) in [6.45, 7) is 10.5. The lowest BCUT2D eigenvalue weighted by atomic mass is 10.0. The maximum atomic E-state index is 12.7. The third-order valence-electron chi connectivity index (χ3n) is 5.26. The Morgan fingerprint density at radius 1 is 1.14 bits per heavy atom. The van der Waals surface area contributed by atoms with E-state index in [0.29, 0.717) is 44.6 Å². The Hall–Kier alpha value is -1.87. The number of hydrogen-bond donors (Lipinski definition) is 2. The summed E-state index contributed by atoms with van der Waals surface area (Å²) >= 11 is 0. The Labute approximate surface area is 175 Å². The lowest BCUT2D eigenvalue weighted by Gasteiger charge is -2.34. The fourth-order valence-corrected chi connectivity index (χ4v) is 4.61. The lowest BCUT2D eigenvalue weighted by Crippen LogP contribution is -2.50. The van der Waals surface area contributed by atoms with Crippen molar-refractivity contribution in [2.75, 3.05) is 56.5 Å². The van der Waals surface area contributed by atoms with Gasteiger partial charge in [0.05, 0.1) is 5.75 Å². The molecule has 1 saturated heterocycles. The first kappa shape index (κ1) is 23.4. The van der Waals surface area contributed by atoms with E-state index in [4.69, 9.17) is 0 Å². The van der Waals surface area contributed by atoms with Crippen molar-refractivity contribution in [2.24, 2.45) is 10.9 Å². The highest BCUT2D eigenvalue weighted by Crippen LogP contribution is 2.14. The molecule has 1 fully saturated rings. The number of pyridine rings is 1. The summed E-state index contributed by atoms with van der Waals surface area (Å²) in [5.74, 6) is 2.21. The molecule has 8 nitrogen and oxygen atoms in total. The van der Waals surface area contributed by atoms with Crippen LogP contribution in [0.2, 0.25) is 0 Å². The molecule has 0 aromatic carbocycles. The summed E-state index contributed by atoms with van der Waals surface area (Å²) in [7, 11) is -3.30. The molecule has 1 aliphatic rings. The van der Waals surface area contributed by atoms with Gasteiger partial charge in [-0.3, -0.25) is 4.99 Å². The molecule has 0 bridgehead atoms. The fraction of sp³-hybridized carbons (Fsp3) is 0.700. The first-order chi connectivity index (χ1) is 14.0. The topological polar surface area (TPSA) is 89.9 Å². The molecule has 0 unspecified atom stereocenters. The molecule has 0 radical (unpaired) electrons. The van der Waals surface area contributed by atoms with E-state index < -0.39 is 10.0 Å². The average Bonchev–Trinajstić information content (AvgIpc) is 2.75. The van der Waals surface area contributed by atoms with Crippen LogP contribution in [0.15, 0.2) is 29.4 Å². The van der Waals surface area contributed by atoms with Gasteiger partial charge in [-0.2, -0.15) is 4.31 Å². The monoisotopic (exact) mass is 424 g/mol. The van der Waals surface area contributed by atoms with Crippen LogP contribution < -0.4 is 15.5 Å². The van der Waals surface area contributed by atoms with Crippen LogP contribution in [0.4, 0.5) is 5.82 Å². The van der Waals surface area contributed by atoms with Gasteiger partial charge in [0, 0.05) is 52.0 Å². The maximum absolute atomic E-state index is 12.7. The van der Waals surface area contributed by atoms with Crippen LogP contribution in [0.1, 0.15) is 33.6 Å². The minimum Gasteiger partial charge on any atom is -0.357 e. The smallest absolute Gasteiger partial charge is 0.215 e. The number of rotatable bonds is 10. The summed E-state index contributed by atoms with van der Waals surface area (Å²) in [5.41, 5.74) is 0. The Balaban J connectivity index is 1.82. The van der Waals surface area contributed by atoms with Crippen molar-refractivity contribution in [2.45, 2.75) is 33.6 Å². The molecule has 29 heavy (non-hydrogen) atoms. The highest BCUT2D eigenvalue weighted by Gasteiger charge is 2.27. The number of nitrogens with one attached hydrogen (secondary N) is 2. The molecular weight excluding hydrogens is 388 g/mol. The molecule has 0 atom stereocenters. The first-order valence-corrected chi connectivity index (χ1v) is 12.3. The van der Waals surface area contributed by atoms with Crippen molar-refractivity contribution in [3.8, 4) is 0 Å². The second-order valence-electron chi connectivity index (χ2n) is 7.22. The summed E-state index contributed by atoms with van der Waals surface area (Å²) in [6.07, 6.45) is 3.95. The van der Waals surface area contributed by atoms with Crippen LogP contribution in [0.25, 0.3) is 0 Å². The van der Waals surface area contributed by atoms with E-state index in [0.717, 1.165) is 31.7 Å². The minimum atomic E-state index is -3.30. The van der Waals surface area contributed by atoms with Crippen LogP contribution in [0.3, 0.4) is 0 Å². The number of nitrogens with zero attached hydrogens (tertiary/aromatic N) is 4. The maximum Gasteiger partial charge on any atom is 0.215 e. The van der Waals surface area contributed by atoms with Crippen LogP contribution in [0, 0.1) is 5.92 Å². The van der Waals surface area contributed by atoms with E-state index in [1.807, 2.05) is 25.1 Å². The van der Waals surface area contributed by atoms with Gasteiger partial charge in [-0.1, -0.05) is 32.8 Å². The summed E-state index contributed by atoms with van der Waals surface area (Å²) in [5, 5.41) is 6.36. The third-order valence-corrected chi connectivity index (χ3v) is 7.14. The predicted octanol–water partition coefficient (Wildman–Crippen LogP) is 1.52. The standard InChI is InChI=1S/C20H36N6O2S/c1-4-18(5-2)17-24-20(21-6-3)23-11-16-29(27,28)26-14-12-25(13-15-26)19-9-7-8-10-22-19/h7-10,18H,4-6,11-17H2,1-3H3,(H2,21,23,24). The van der Waals surface area contributed by atoms with Gasteiger partial charge >= 0.3 is 0 Å². The van der Waals surface area contributed by atoms with E-state index in [1.54, 1.807) is 10.5 Å². The second-order valence-corrected chi connectivity index (χ2v) is 9.31. The fourth-order valence-electron chi connectivity index (χ4n) is 3.27. The zero-order valence-electron chi connectivity index (χ0n) is 18.0. The molecule has 9 heteroatoms. The Morgan fingerprint density at radius 2 is 1.86 bits per heavy atom. The van der Waals surface area contributed by atoms with Crippen molar-refractivity contribution in [3.05, 3.63) is 24.4 Å². The second kappa shape index (κ2) is 12.0. The van der Waals surface area contributed by atoms with Gasteiger partial charge in [0.1, 0.15) is 5.82 Å². The van der Waals surface area contributed by atoms with Crippen molar-refractivity contribution in [3.63, 3.8) is 0 Å². The van der Waals surface area contributed by atoms with E-state index >= 15 is 0 Å². The number of aliphatic imine (C=N–C) groups is 1. The SMILES string of the molecule is CCNC(=NCC(CC)CC)NCCS(=O)(=O)N1CCN(c2ccccn2)CC1. The highest BCUT2D eigenvalue weighted by atomic mass is 32.2. The van der Waals surface area contributed by atoms with Crippen LogP contribution in [-0.4, -0.2) is 75.2 Å². The van der Waals surface area contributed by atoms with Crippen molar-refractivity contribution in [1.82, 2.24) is 19.9 Å². The number of aromatic nitrogens is 1. The molecule has 1 aliphatic heterocycles. The van der Waals surface area contributed by atoms with Gasteiger partial charge in [0.25, 0.3) is 0 Å². The Morgan fingerprint density at radius 3 is 2.45 bits per heavy atom. The molecule has 2 N–H and O–H groups in total. The largest absolute Gasteiger partial charge is 0.357 e. The number of anilines is 1. The number of piperazine rings is 1. The number of hydrogen-bond acceptors (Lipinski definition) is 5. The van der Waals surface area contributed by atoms with Gasteiger partial charge in [0.15, 0.2) is 5.96 Å². The highest BCUT2D eigenvalue weighted by molar-refractivity contribution is 7.89. The third kappa shape index (κ3) is 7.47. The van der Waals surface area contributed by atoms with E-state index in [2.05, 4.69) is 39.4 Å². The van der Waals surface area contributed by atoms with Crippen LogP contribution >= 0.6 is 0 Å². The van der Waals surface area contributed by atoms with Gasteiger partial charge in [0.2, 0.25) is 10.0 Å². The zero-order chi connectivity index (χ0) is 21.1. The zero-order valence-corrected chi connectivity index (χ0v) is 18.8. The van der Waals surface area contributed by atoms with Crippen LogP contribution in [0.5, 0.6) is 0 Å².